The lowest BCUT2D eigenvalue weighted by Gasteiger charge is -2.53. The average Bonchev–Trinajstić information content (AvgIpc) is 2.88. The molecule has 0 spiro atoms. The van der Waals surface area contributed by atoms with Gasteiger partial charge in [-0.25, -0.2) is 9.78 Å². The number of nitrogens with zero attached hydrogens (tertiary/aromatic N) is 1. The summed E-state index contributed by atoms with van der Waals surface area (Å²) >= 11 is 1.17. The minimum Gasteiger partial charge on any atom is -0.477 e. The van der Waals surface area contributed by atoms with Gasteiger partial charge in [-0.15, -0.1) is 11.3 Å². The van der Waals surface area contributed by atoms with E-state index in [-0.39, 0.29) is 22.7 Å². The maximum atomic E-state index is 12.9. The number of rotatable bonds is 4. The van der Waals surface area contributed by atoms with Gasteiger partial charge in [-0.1, -0.05) is 0 Å². The average molecular weight is 348 g/mol. The van der Waals surface area contributed by atoms with Crippen LogP contribution in [0.3, 0.4) is 0 Å². The molecule has 5 rings (SSSR count). The SMILES string of the molecule is Cc1nc(C(C)NC(=O)C2C3CC4CC(C3)CC2C4)sc1C(=O)O. The highest BCUT2D eigenvalue weighted by molar-refractivity contribution is 7.13. The quantitative estimate of drug-likeness (QED) is 0.874. The van der Waals surface area contributed by atoms with Crippen LogP contribution in [0.25, 0.3) is 0 Å². The number of carbonyl (C=O) groups is 2. The summed E-state index contributed by atoms with van der Waals surface area (Å²) in [6.45, 7) is 3.60. The largest absolute Gasteiger partial charge is 0.477 e. The number of aromatic carboxylic acids is 1. The van der Waals surface area contributed by atoms with Crippen molar-refractivity contribution in [3.05, 3.63) is 15.6 Å². The van der Waals surface area contributed by atoms with Gasteiger partial charge in [0, 0.05) is 5.92 Å². The first-order valence-corrected chi connectivity index (χ1v) is 9.75. The smallest absolute Gasteiger partial charge is 0.347 e. The number of thiazole rings is 1. The van der Waals surface area contributed by atoms with Gasteiger partial charge in [-0.2, -0.15) is 0 Å². The molecule has 4 aliphatic rings. The topological polar surface area (TPSA) is 79.3 Å². The number of aromatic nitrogens is 1. The van der Waals surface area contributed by atoms with Crippen LogP contribution in [0.1, 0.15) is 65.4 Å². The molecule has 2 N–H and O–H groups in total. The molecule has 0 saturated heterocycles. The van der Waals surface area contributed by atoms with Gasteiger partial charge in [-0.3, -0.25) is 4.79 Å². The van der Waals surface area contributed by atoms with E-state index in [0.717, 1.165) is 11.8 Å². The van der Waals surface area contributed by atoms with Crippen molar-refractivity contribution in [2.45, 2.75) is 52.0 Å². The summed E-state index contributed by atoms with van der Waals surface area (Å²) in [7, 11) is 0. The second kappa shape index (κ2) is 5.83. The molecule has 5 nitrogen and oxygen atoms in total. The molecular weight excluding hydrogens is 324 g/mol. The number of nitrogens with one attached hydrogen (secondary N) is 1. The molecular formula is C18H24N2O3S. The Bertz CT molecular complexity index is 656. The van der Waals surface area contributed by atoms with Crippen molar-refractivity contribution >= 4 is 23.2 Å². The Morgan fingerprint density at radius 1 is 1.17 bits per heavy atom. The number of hydrogen-bond acceptors (Lipinski definition) is 4. The fraction of sp³-hybridized carbons (Fsp3) is 0.722. The molecule has 1 atom stereocenters. The van der Waals surface area contributed by atoms with Crippen LogP contribution < -0.4 is 5.32 Å². The highest BCUT2D eigenvalue weighted by Crippen LogP contribution is 2.56. The van der Waals surface area contributed by atoms with E-state index in [9.17, 15) is 9.59 Å². The molecule has 6 heteroatoms. The second-order valence-corrected chi connectivity index (χ2v) is 8.99. The molecule has 4 saturated carbocycles. The number of hydrogen-bond donors (Lipinski definition) is 2. The van der Waals surface area contributed by atoms with E-state index in [4.69, 9.17) is 5.11 Å². The first kappa shape index (κ1) is 16.1. The number of aryl methyl sites for hydroxylation is 1. The van der Waals surface area contributed by atoms with Crippen molar-refractivity contribution in [1.82, 2.24) is 10.3 Å². The highest BCUT2D eigenvalue weighted by atomic mass is 32.1. The van der Waals surface area contributed by atoms with Crippen LogP contribution in [0.2, 0.25) is 0 Å². The van der Waals surface area contributed by atoms with Crippen LogP contribution in [-0.2, 0) is 4.79 Å². The Balaban J connectivity index is 1.46. The Morgan fingerprint density at radius 2 is 1.75 bits per heavy atom. The molecule has 1 aromatic rings. The van der Waals surface area contributed by atoms with Crippen LogP contribution >= 0.6 is 11.3 Å². The summed E-state index contributed by atoms with van der Waals surface area (Å²) in [6, 6.07) is -0.230. The van der Waals surface area contributed by atoms with Gasteiger partial charge in [0.1, 0.15) is 9.88 Å². The fourth-order valence-electron chi connectivity index (χ4n) is 5.53. The molecule has 1 heterocycles. The minimum absolute atomic E-state index is 0.153. The van der Waals surface area contributed by atoms with E-state index in [1.165, 1.54) is 43.4 Å². The monoisotopic (exact) mass is 348 g/mol. The molecule has 24 heavy (non-hydrogen) atoms. The van der Waals surface area contributed by atoms with E-state index < -0.39 is 5.97 Å². The van der Waals surface area contributed by atoms with Crippen molar-refractivity contribution in [3.8, 4) is 0 Å². The third kappa shape index (κ3) is 2.65. The third-order valence-corrected chi connectivity index (χ3v) is 7.59. The second-order valence-electron chi connectivity index (χ2n) is 7.96. The van der Waals surface area contributed by atoms with Crippen LogP contribution in [-0.4, -0.2) is 22.0 Å². The maximum Gasteiger partial charge on any atom is 0.347 e. The zero-order chi connectivity index (χ0) is 17.0. The Morgan fingerprint density at radius 3 is 2.25 bits per heavy atom. The van der Waals surface area contributed by atoms with Crippen LogP contribution in [0, 0.1) is 36.5 Å². The molecule has 1 unspecified atom stereocenters. The molecule has 0 aromatic carbocycles. The summed E-state index contributed by atoms with van der Waals surface area (Å²) in [5.74, 6) is 2.18. The van der Waals surface area contributed by atoms with Crippen molar-refractivity contribution in [3.63, 3.8) is 0 Å². The van der Waals surface area contributed by atoms with E-state index in [2.05, 4.69) is 10.3 Å². The highest BCUT2D eigenvalue weighted by Gasteiger charge is 2.50. The molecule has 4 fully saturated rings. The molecule has 1 aromatic heterocycles. The lowest BCUT2D eigenvalue weighted by molar-refractivity contribution is -0.138. The summed E-state index contributed by atoms with van der Waals surface area (Å²) in [5, 5.41) is 13.0. The lowest BCUT2D eigenvalue weighted by atomic mass is 9.51. The number of carbonyl (C=O) groups excluding carboxylic acids is 1. The van der Waals surface area contributed by atoms with Gasteiger partial charge in [0.15, 0.2) is 0 Å². The van der Waals surface area contributed by atoms with Gasteiger partial charge in [-0.05, 0) is 69.6 Å². The Hall–Kier alpha value is -1.43. The molecule has 0 radical (unpaired) electrons. The van der Waals surface area contributed by atoms with Gasteiger partial charge < -0.3 is 10.4 Å². The molecule has 4 aliphatic carbocycles. The zero-order valence-electron chi connectivity index (χ0n) is 14.1. The predicted molar refractivity (Wildman–Crippen MR) is 90.9 cm³/mol. The lowest BCUT2D eigenvalue weighted by Crippen LogP contribution is -2.51. The van der Waals surface area contributed by atoms with Crippen molar-refractivity contribution in [1.29, 1.82) is 0 Å². The molecule has 1 amide bonds. The summed E-state index contributed by atoms with van der Waals surface area (Å²) in [5.41, 5.74) is 0.526. The molecule has 130 valence electrons. The van der Waals surface area contributed by atoms with Gasteiger partial charge in [0.25, 0.3) is 0 Å². The first-order valence-electron chi connectivity index (χ1n) is 8.93. The Kier molecular flexibility index (Phi) is 3.90. The van der Waals surface area contributed by atoms with E-state index >= 15 is 0 Å². The fourth-order valence-corrected chi connectivity index (χ4v) is 6.43. The van der Waals surface area contributed by atoms with Crippen molar-refractivity contribution in [2.24, 2.45) is 29.6 Å². The van der Waals surface area contributed by atoms with Crippen LogP contribution in [0.5, 0.6) is 0 Å². The predicted octanol–water partition coefficient (Wildman–Crippen LogP) is 3.40. The normalized spacial score (nSPS) is 35.0. The summed E-state index contributed by atoms with van der Waals surface area (Å²) in [4.78, 5) is 28.7. The van der Waals surface area contributed by atoms with Gasteiger partial charge in [0.05, 0.1) is 11.7 Å². The van der Waals surface area contributed by atoms with Crippen molar-refractivity contribution in [2.75, 3.05) is 0 Å². The standard InChI is InChI=1S/C18H24N2O3S/c1-8-15(18(22)23)24-17(20-8)9(2)19-16(21)14-12-4-10-3-11(6-12)7-13(14)5-10/h9-14H,3-7H2,1-2H3,(H,19,21)(H,22,23). The van der Waals surface area contributed by atoms with Crippen LogP contribution in [0.4, 0.5) is 0 Å². The third-order valence-electron chi connectivity index (χ3n) is 6.27. The van der Waals surface area contributed by atoms with Gasteiger partial charge >= 0.3 is 5.97 Å². The van der Waals surface area contributed by atoms with E-state index in [0.29, 0.717) is 22.5 Å². The summed E-state index contributed by atoms with van der Waals surface area (Å²) in [6.07, 6.45) is 6.27. The minimum atomic E-state index is -0.948. The number of amides is 1. The number of carboxylic acids is 1. The Labute approximate surface area is 145 Å². The van der Waals surface area contributed by atoms with Gasteiger partial charge in [0.2, 0.25) is 5.91 Å². The van der Waals surface area contributed by atoms with E-state index in [1.54, 1.807) is 6.92 Å². The number of carboxylic acid groups (broad SMARTS) is 1. The molecule has 4 bridgehead atoms. The first-order chi connectivity index (χ1) is 11.4. The van der Waals surface area contributed by atoms with Crippen molar-refractivity contribution < 1.29 is 14.7 Å². The van der Waals surface area contributed by atoms with E-state index in [1.807, 2.05) is 6.92 Å². The zero-order valence-corrected chi connectivity index (χ0v) is 14.9. The summed E-state index contributed by atoms with van der Waals surface area (Å²) < 4.78 is 0. The molecule has 0 aliphatic heterocycles. The van der Waals surface area contributed by atoms with Crippen LogP contribution in [0.15, 0.2) is 0 Å². The maximum absolute atomic E-state index is 12.9.